The maximum atomic E-state index is 12.0. The third-order valence-electron chi connectivity index (χ3n) is 3.45. The van der Waals surface area contributed by atoms with E-state index in [1.807, 2.05) is 39.8 Å². The van der Waals surface area contributed by atoms with E-state index in [9.17, 15) is 9.59 Å². The summed E-state index contributed by atoms with van der Waals surface area (Å²) in [6.45, 7) is 13.7. The van der Waals surface area contributed by atoms with Crippen LogP contribution in [0.25, 0.3) is 0 Å². The van der Waals surface area contributed by atoms with Gasteiger partial charge < -0.3 is 15.5 Å². The SMILES string of the molecule is CCN(CC)c1ccc(NC(=O)CC(=O)NC(C)(C)C)c(C)c1. The molecule has 0 atom stereocenters. The van der Waals surface area contributed by atoms with Crippen LogP contribution < -0.4 is 15.5 Å². The molecule has 1 rings (SSSR count). The van der Waals surface area contributed by atoms with E-state index in [-0.39, 0.29) is 23.8 Å². The van der Waals surface area contributed by atoms with Crippen LogP contribution in [0.1, 0.15) is 46.6 Å². The Bertz CT molecular complexity index is 558. The third-order valence-corrected chi connectivity index (χ3v) is 3.45. The summed E-state index contributed by atoms with van der Waals surface area (Å²) >= 11 is 0. The number of hydrogen-bond acceptors (Lipinski definition) is 3. The Morgan fingerprint density at radius 2 is 1.70 bits per heavy atom. The first-order chi connectivity index (χ1) is 10.7. The van der Waals surface area contributed by atoms with Gasteiger partial charge in [0.2, 0.25) is 11.8 Å². The molecule has 5 nitrogen and oxygen atoms in total. The fourth-order valence-electron chi connectivity index (χ4n) is 2.38. The van der Waals surface area contributed by atoms with Crippen molar-refractivity contribution in [1.82, 2.24) is 5.32 Å². The van der Waals surface area contributed by atoms with E-state index in [0.717, 1.165) is 30.0 Å². The van der Waals surface area contributed by atoms with Crippen LogP contribution in [-0.4, -0.2) is 30.4 Å². The van der Waals surface area contributed by atoms with E-state index >= 15 is 0 Å². The van der Waals surface area contributed by atoms with Crippen molar-refractivity contribution in [2.45, 2.75) is 53.5 Å². The highest BCUT2D eigenvalue weighted by atomic mass is 16.2. The van der Waals surface area contributed by atoms with Crippen molar-refractivity contribution in [3.8, 4) is 0 Å². The highest BCUT2D eigenvalue weighted by molar-refractivity contribution is 6.04. The summed E-state index contributed by atoms with van der Waals surface area (Å²) in [5.74, 6) is -0.571. The molecule has 0 aliphatic rings. The Morgan fingerprint density at radius 1 is 1.09 bits per heavy atom. The Labute approximate surface area is 139 Å². The topological polar surface area (TPSA) is 61.4 Å². The zero-order valence-electron chi connectivity index (χ0n) is 15.1. The van der Waals surface area contributed by atoms with Crippen LogP contribution in [0.3, 0.4) is 0 Å². The Balaban J connectivity index is 2.70. The number of hydrogen-bond donors (Lipinski definition) is 2. The van der Waals surface area contributed by atoms with Gasteiger partial charge in [-0.15, -0.1) is 0 Å². The number of carbonyl (C=O) groups is 2. The third kappa shape index (κ3) is 6.30. The van der Waals surface area contributed by atoms with Gasteiger partial charge in [0.1, 0.15) is 6.42 Å². The summed E-state index contributed by atoms with van der Waals surface area (Å²) < 4.78 is 0. The molecule has 0 aromatic heterocycles. The van der Waals surface area contributed by atoms with Gasteiger partial charge in [0.25, 0.3) is 0 Å². The van der Waals surface area contributed by atoms with E-state index in [0.29, 0.717) is 0 Å². The molecule has 0 fully saturated rings. The first-order valence-corrected chi connectivity index (χ1v) is 8.12. The van der Waals surface area contributed by atoms with E-state index in [1.165, 1.54) is 0 Å². The molecule has 0 bridgehead atoms. The molecular weight excluding hydrogens is 290 g/mol. The second-order valence-corrected chi connectivity index (χ2v) is 6.69. The Morgan fingerprint density at radius 3 is 2.17 bits per heavy atom. The molecule has 0 spiro atoms. The van der Waals surface area contributed by atoms with Gasteiger partial charge in [-0.25, -0.2) is 0 Å². The van der Waals surface area contributed by atoms with Gasteiger partial charge in [-0.2, -0.15) is 0 Å². The standard InChI is InChI=1S/C18H29N3O2/c1-7-21(8-2)14-9-10-15(13(3)11-14)19-16(22)12-17(23)20-18(4,5)6/h9-11H,7-8,12H2,1-6H3,(H,19,22)(H,20,23). The summed E-state index contributed by atoms with van der Waals surface area (Å²) in [5.41, 5.74) is 2.53. The molecule has 0 aliphatic carbocycles. The van der Waals surface area contributed by atoms with Crippen molar-refractivity contribution in [2.24, 2.45) is 0 Å². The summed E-state index contributed by atoms with van der Waals surface area (Å²) in [5, 5.41) is 5.59. The summed E-state index contributed by atoms with van der Waals surface area (Å²) in [6.07, 6.45) is -0.172. The van der Waals surface area contributed by atoms with Crippen LogP contribution in [0, 0.1) is 6.92 Å². The van der Waals surface area contributed by atoms with Gasteiger partial charge in [-0.05, 0) is 65.3 Å². The molecule has 0 saturated heterocycles. The number of benzene rings is 1. The summed E-state index contributed by atoms with van der Waals surface area (Å²) in [7, 11) is 0. The molecule has 128 valence electrons. The number of rotatable bonds is 6. The van der Waals surface area contributed by atoms with Crippen molar-refractivity contribution in [1.29, 1.82) is 0 Å². The average Bonchev–Trinajstić information content (AvgIpc) is 2.40. The van der Waals surface area contributed by atoms with Gasteiger partial charge in [-0.1, -0.05) is 0 Å². The molecule has 23 heavy (non-hydrogen) atoms. The minimum Gasteiger partial charge on any atom is -0.372 e. The van der Waals surface area contributed by atoms with Crippen molar-refractivity contribution in [3.05, 3.63) is 23.8 Å². The minimum atomic E-state index is -0.335. The lowest BCUT2D eigenvalue weighted by atomic mass is 10.1. The second-order valence-electron chi connectivity index (χ2n) is 6.69. The van der Waals surface area contributed by atoms with Crippen LogP contribution in [0.4, 0.5) is 11.4 Å². The quantitative estimate of drug-likeness (QED) is 0.792. The average molecular weight is 319 g/mol. The fraction of sp³-hybridized carbons (Fsp3) is 0.556. The van der Waals surface area contributed by atoms with Crippen LogP contribution >= 0.6 is 0 Å². The Hall–Kier alpha value is -2.04. The van der Waals surface area contributed by atoms with Crippen molar-refractivity contribution >= 4 is 23.2 Å². The number of nitrogens with one attached hydrogen (secondary N) is 2. The molecule has 0 heterocycles. The highest BCUT2D eigenvalue weighted by Gasteiger charge is 2.17. The maximum Gasteiger partial charge on any atom is 0.233 e. The summed E-state index contributed by atoms with van der Waals surface area (Å²) in [6, 6.07) is 5.94. The predicted octanol–water partition coefficient (Wildman–Crippen LogP) is 3.08. The van der Waals surface area contributed by atoms with Crippen molar-refractivity contribution in [2.75, 3.05) is 23.3 Å². The maximum absolute atomic E-state index is 12.0. The molecule has 0 radical (unpaired) electrons. The molecule has 0 aliphatic heterocycles. The summed E-state index contributed by atoms with van der Waals surface area (Å²) in [4.78, 5) is 26.0. The van der Waals surface area contributed by atoms with Gasteiger partial charge in [0, 0.05) is 30.0 Å². The Kier molecular flexibility index (Phi) is 6.61. The molecule has 0 unspecified atom stereocenters. The number of aryl methyl sites for hydroxylation is 1. The molecule has 0 saturated carbocycles. The number of anilines is 2. The number of amides is 2. The largest absolute Gasteiger partial charge is 0.372 e. The smallest absolute Gasteiger partial charge is 0.233 e. The molecular formula is C18H29N3O2. The van der Waals surface area contributed by atoms with Gasteiger partial charge in [0.15, 0.2) is 0 Å². The molecule has 1 aromatic rings. The molecule has 1 aromatic carbocycles. The van der Waals surface area contributed by atoms with Gasteiger partial charge in [-0.3, -0.25) is 9.59 Å². The fourth-order valence-corrected chi connectivity index (χ4v) is 2.38. The lowest BCUT2D eigenvalue weighted by Crippen LogP contribution is -2.41. The lowest BCUT2D eigenvalue weighted by molar-refractivity contribution is -0.127. The van der Waals surface area contributed by atoms with Gasteiger partial charge in [0.05, 0.1) is 0 Å². The molecule has 5 heteroatoms. The van der Waals surface area contributed by atoms with Gasteiger partial charge >= 0.3 is 0 Å². The molecule has 2 N–H and O–H groups in total. The zero-order valence-corrected chi connectivity index (χ0v) is 15.1. The van der Waals surface area contributed by atoms with Crippen LogP contribution in [0.15, 0.2) is 18.2 Å². The second kappa shape index (κ2) is 7.99. The van der Waals surface area contributed by atoms with E-state index < -0.39 is 0 Å². The van der Waals surface area contributed by atoms with E-state index in [2.05, 4.69) is 35.4 Å². The normalized spacial score (nSPS) is 11.0. The zero-order chi connectivity index (χ0) is 17.6. The monoisotopic (exact) mass is 319 g/mol. The predicted molar refractivity (Wildman–Crippen MR) is 95.9 cm³/mol. The van der Waals surface area contributed by atoms with Crippen LogP contribution in [0.2, 0.25) is 0 Å². The lowest BCUT2D eigenvalue weighted by Gasteiger charge is -2.22. The first kappa shape index (κ1) is 19.0. The van der Waals surface area contributed by atoms with Crippen LogP contribution in [0.5, 0.6) is 0 Å². The van der Waals surface area contributed by atoms with Crippen molar-refractivity contribution < 1.29 is 9.59 Å². The number of carbonyl (C=O) groups excluding carboxylic acids is 2. The first-order valence-electron chi connectivity index (χ1n) is 8.12. The molecule has 2 amide bonds. The van der Waals surface area contributed by atoms with E-state index in [4.69, 9.17) is 0 Å². The number of nitrogens with zero attached hydrogens (tertiary/aromatic N) is 1. The highest BCUT2D eigenvalue weighted by Crippen LogP contribution is 2.22. The van der Waals surface area contributed by atoms with Crippen molar-refractivity contribution in [3.63, 3.8) is 0 Å². The van der Waals surface area contributed by atoms with E-state index in [1.54, 1.807) is 0 Å². The van der Waals surface area contributed by atoms with Crippen LogP contribution in [-0.2, 0) is 9.59 Å². The minimum absolute atomic E-state index is 0.172.